The molecule has 2 fully saturated rings. The van der Waals surface area contributed by atoms with Gasteiger partial charge in [-0.15, -0.1) is 0 Å². The minimum absolute atomic E-state index is 0.0328. The van der Waals surface area contributed by atoms with Crippen molar-refractivity contribution in [3.05, 3.63) is 83.2 Å². The summed E-state index contributed by atoms with van der Waals surface area (Å²) in [5.41, 5.74) is 2.39. The molecule has 0 bridgehead atoms. The van der Waals surface area contributed by atoms with Gasteiger partial charge in [0.1, 0.15) is 18.8 Å². The van der Waals surface area contributed by atoms with Crippen molar-refractivity contribution >= 4 is 17.4 Å². The van der Waals surface area contributed by atoms with Crippen LogP contribution in [0.15, 0.2) is 66.4 Å². The molecule has 0 aliphatic carbocycles. The minimum Gasteiger partial charge on any atom is -0.872 e. The number of aromatic nitrogens is 2. The number of rotatable bonds is 8. The number of amides is 1. The summed E-state index contributed by atoms with van der Waals surface area (Å²) in [6, 6.07) is 15.9. The zero-order chi connectivity index (χ0) is 26.6. The van der Waals surface area contributed by atoms with Crippen LogP contribution in [0.1, 0.15) is 29.3 Å². The number of nitrogens with zero attached hydrogens (tertiary/aromatic N) is 3. The Morgan fingerprint density at radius 2 is 1.82 bits per heavy atom. The summed E-state index contributed by atoms with van der Waals surface area (Å²) >= 11 is 0. The molecule has 3 heterocycles. The summed E-state index contributed by atoms with van der Waals surface area (Å²) in [5, 5.41) is 18.3. The van der Waals surface area contributed by atoms with E-state index in [0.29, 0.717) is 35.5 Å². The molecule has 2 aliphatic heterocycles. The fourth-order valence-electron chi connectivity index (χ4n) is 5.25. The molecule has 0 saturated carbocycles. The smallest absolute Gasteiger partial charge is 0.295 e. The fourth-order valence-corrected chi connectivity index (χ4v) is 5.25. The largest absolute Gasteiger partial charge is 0.872 e. The van der Waals surface area contributed by atoms with Crippen LogP contribution in [-0.2, 0) is 14.3 Å². The lowest BCUT2D eigenvalue weighted by atomic mass is 9.95. The lowest BCUT2D eigenvalue weighted by Crippen LogP contribution is -3.14. The van der Waals surface area contributed by atoms with Gasteiger partial charge in [-0.1, -0.05) is 36.1 Å². The molecule has 1 aromatic heterocycles. The Kier molecular flexibility index (Phi) is 7.57. The summed E-state index contributed by atoms with van der Waals surface area (Å²) in [6.07, 6.45) is 2.19. The van der Waals surface area contributed by atoms with Crippen LogP contribution >= 0.6 is 0 Å². The maximum atomic E-state index is 13.9. The molecule has 0 spiro atoms. The van der Waals surface area contributed by atoms with E-state index in [1.807, 2.05) is 42.5 Å². The molecular formula is C29H32N4O5. The summed E-state index contributed by atoms with van der Waals surface area (Å²) in [4.78, 5) is 29.6. The van der Waals surface area contributed by atoms with Crippen molar-refractivity contribution in [2.75, 3.05) is 46.5 Å². The Balaban J connectivity index is 1.51. The Bertz CT molecular complexity index is 1330. The summed E-state index contributed by atoms with van der Waals surface area (Å²) in [5.74, 6) is -1.20. The second kappa shape index (κ2) is 11.2. The van der Waals surface area contributed by atoms with Gasteiger partial charge in [0.2, 0.25) is 5.78 Å². The van der Waals surface area contributed by atoms with Gasteiger partial charge < -0.3 is 24.4 Å². The number of Topliss-reactive ketones (excluding diaryl/α,β-unsaturated/α-hetero) is 1. The lowest BCUT2D eigenvalue weighted by Gasteiger charge is -2.29. The molecule has 1 unspecified atom stereocenters. The number of ketones is 1. The van der Waals surface area contributed by atoms with Gasteiger partial charge in [-0.05, 0) is 36.8 Å². The summed E-state index contributed by atoms with van der Waals surface area (Å²) < 4.78 is 12.4. The molecular weight excluding hydrogens is 484 g/mol. The minimum atomic E-state index is -0.771. The first-order valence-electron chi connectivity index (χ1n) is 12.9. The van der Waals surface area contributed by atoms with E-state index >= 15 is 0 Å². The van der Waals surface area contributed by atoms with Crippen molar-refractivity contribution in [1.29, 1.82) is 0 Å². The molecule has 38 heavy (non-hydrogen) atoms. The molecule has 0 radical (unpaired) electrons. The van der Waals surface area contributed by atoms with Gasteiger partial charge >= 0.3 is 0 Å². The zero-order valence-corrected chi connectivity index (χ0v) is 21.7. The van der Waals surface area contributed by atoms with Crippen LogP contribution in [0.2, 0.25) is 0 Å². The second-order valence-corrected chi connectivity index (χ2v) is 9.60. The number of hydrogen-bond donors (Lipinski definition) is 1. The molecule has 2 saturated heterocycles. The fraction of sp³-hybridized carbons (Fsp3) is 0.345. The number of nitrogens with one attached hydrogen (secondary N) is 1. The van der Waals surface area contributed by atoms with Gasteiger partial charge in [-0.25, -0.2) is 4.68 Å². The van der Waals surface area contributed by atoms with E-state index in [1.165, 1.54) is 11.1 Å². The highest BCUT2D eigenvalue weighted by Crippen LogP contribution is 2.39. The monoisotopic (exact) mass is 516 g/mol. The van der Waals surface area contributed by atoms with Crippen molar-refractivity contribution in [1.82, 2.24) is 14.7 Å². The highest BCUT2D eigenvalue weighted by molar-refractivity contribution is 6.46. The number of para-hydroxylation sites is 1. The Morgan fingerprint density at radius 3 is 2.50 bits per heavy atom. The average Bonchev–Trinajstić information content (AvgIpc) is 3.46. The number of carbonyl (C=O) groups excluding carboxylic acids is 2. The summed E-state index contributed by atoms with van der Waals surface area (Å²) in [7, 11) is 1.58. The highest BCUT2D eigenvalue weighted by atomic mass is 16.5. The van der Waals surface area contributed by atoms with E-state index in [4.69, 9.17) is 9.47 Å². The van der Waals surface area contributed by atoms with E-state index in [0.717, 1.165) is 38.5 Å². The van der Waals surface area contributed by atoms with E-state index < -0.39 is 23.5 Å². The highest BCUT2D eigenvalue weighted by Gasteiger charge is 2.44. The van der Waals surface area contributed by atoms with E-state index in [2.05, 4.69) is 5.10 Å². The maximum Gasteiger partial charge on any atom is 0.295 e. The Labute approximate surface area is 221 Å². The molecule has 198 valence electrons. The zero-order valence-electron chi connectivity index (χ0n) is 21.7. The average molecular weight is 517 g/mol. The SMILES string of the molecule is COc1ccc(C2C(=C([O-])c3cnn(-c4ccccc4)c3C)C(=O)C(=O)N2CCC[NH+]2CCOCC2)cc1. The van der Waals surface area contributed by atoms with Crippen LogP contribution in [0.3, 0.4) is 0 Å². The van der Waals surface area contributed by atoms with Crippen LogP contribution in [0.25, 0.3) is 11.4 Å². The van der Waals surface area contributed by atoms with Crippen LogP contribution < -0.4 is 14.7 Å². The van der Waals surface area contributed by atoms with Crippen molar-refractivity contribution in [2.45, 2.75) is 19.4 Å². The van der Waals surface area contributed by atoms with Gasteiger partial charge in [0.15, 0.2) is 0 Å². The van der Waals surface area contributed by atoms with Gasteiger partial charge in [0.25, 0.3) is 5.91 Å². The van der Waals surface area contributed by atoms with Crippen LogP contribution in [0.4, 0.5) is 0 Å². The summed E-state index contributed by atoms with van der Waals surface area (Å²) in [6.45, 7) is 6.35. The third-order valence-electron chi connectivity index (χ3n) is 7.35. The van der Waals surface area contributed by atoms with E-state index in [1.54, 1.807) is 35.7 Å². The standard InChI is InChI=1S/C29H32N4O5/c1-20-24(19-30-33(20)22-7-4-3-5-8-22)27(34)25-26(21-9-11-23(37-2)12-10-21)32(29(36)28(25)35)14-6-13-31-15-17-38-18-16-31/h3-5,7-12,19,26,34H,6,13-18H2,1-2H3. The van der Waals surface area contributed by atoms with Crippen molar-refractivity contribution in [2.24, 2.45) is 0 Å². The van der Waals surface area contributed by atoms with Crippen molar-refractivity contribution in [3.63, 3.8) is 0 Å². The van der Waals surface area contributed by atoms with E-state index in [-0.39, 0.29) is 5.57 Å². The van der Waals surface area contributed by atoms with Crippen LogP contribution in [0.5, 0.6) is 5.75 Å². The van der Waals surface area contributed by atoms with Crippen molar-refractivity contribution in [3.8, 4) is 11.4 Å². The van der Waals surface area contributed by atoms with E-state index in [9.17, 15) is 14.7 Å². The number of quaternary nitrogens is 1. The number of hydrogen-bond acceptors (Lipinski definition) is 6. The molecule has 9 nitrogen and oxygen atoms in total. The molecule has 3 aromatic rings. The first kappa shape index (κ1) is 25.7. The third kappa shape index (κ3) is 4.94. The molecule has 1 amide bonds. The number of benzene rings is 2. The lowest BCUT2D eigenvalue weighted by molar-refractivity contribution is -0.908. The predicted octanol–water partition coefficient (Wildman–Crippen LogP) is 0.719. The Hall–Kier alpha value is -3.95. The van der Waals surface area contributed by atoms with Crippen molar-refractivity contribution < 1.29 is 29.1 Å². The third-order valence-corrected chi connectivity index (χ3v) is 7.35. The number of ether oxygens (including phenoxy) is 2. The van der Waals surface area contributed by atoms with Gasteiger partial charge in [-0.2, -0.15) is 5.10 Å². The first-order valence-corrected chi connectivity index (χ1v) is 12.9. The Morgan fingerprint density at radius 1 is 1.11 bits per heavy atom. The maximum absolute atomic E-state index is 13.9. The molecule has 2 aromatic carbocycles. The second-order valence-electron chi connectivity index (χ2n) is 9.60. The number of likely N-dealkylation sites (tertiary alicyclic amines) is 1. The number of morpholine rings is 1. The molecule has 9 heteroatoms. The number of carbonyl (C=O) groups is 2. The molecule has 1 atom stereocenters. The van der Waals surface area contributed by atoms with Gasteiger partial charge in [-0.3, -0.25) is 9.59 Å². The topological polar surface area (TPSA) is 101 Å². The molecule has 5 rings (SSSR count). The van der Waals surface area contributed by atoms with Crippen LogP contribution in [0, 0.1) is 6.92 Å². The van der Waals surface area contributed by atoms with Gasteiger partial charge in [0.05, 0.1) is 44.8 Å². The van der Waals surface area contributed by atoms with Crippen LogP contribution in [-0.4, -0.2) is 72.9 Å². The predicted molar refractivity (Wildman–Crippen MR) is 139 cm³/mol. The molecule has 1 N–H and O–H groups in total. The molecule has 2 aliphatic rings. The van der Waals surface area contributed by atoms with Gasteiger partial charge in [0, 0.05) is 29.8 Å². The normalized spacial score (nSPS) is 19.7. The quantitative estimate of drug-likeness (QED) is 0.269. The number of methoxy groups -OCH3 is 1. The first-order chi connectivity index (χ1) is 18.5.